The van der Waals surface area contributed by atoms with Crippen molar-refractivity contribution in [3.63, 3.8) is 0 Å². The molecule has 1 heterocycles. The van der Waals surface area contributed by atoms with Gasteiger partial charge in [0.05, 0.1) is 7.11 Å². The minimum atomic E-state index is -0.977. The summed E-state index contributed by atoms with van der Waals surface area (Å²) in [5.41, 5.74) is 0.640. The third-order valence-corrected chi connectivity index (χ3v) is 3.38. The van der Waals surface area contributed by atoms with Crippen LogP contribution in [-0.4, -0.2) is 18.2 Å². The Bertz CT molecular complexity index is 563. The van der Waals surface area contributed by atoms with E-state index in [1.165, 1.54) is 25.3 Å². The first-order valence-corrected chi connectivity index (χ1v) is 5.60. The molecule has 0 spiro atoms. The van der Waals surface area contributed by atoms with Crippen LogP contribution in [0.25, 0.3) is 10.4 Å². The van der Waals surface area contributed by atoms with Crippen molar-refractivity contribution in [2.24, 2.45) is 0 Å². The first-order chi connectivity index (χ1) is 8.11. The molecule has 0 radical (unpaired) electrons. The van der Waals surface area contributed by atoms with Gasteiger partial charge in [-0.1, -0.05) is 0 Å². The first kappa shape index (κ1) is 11.6. The van der Waals surface area contributed by atoms with E-state index in [0.29, 0.717) is 10.4 Å². The Hall–Kier alpha value is -1.88. The Balaban J connectivity index is 2.39. The van der Waals surface area contributed by atoms with Crippen LogP contribution >= 0.6 is 11.3 Å². The highest BCUT2D eigenvalue weighted by Gasteiger charge is 2.10. The lowest BCUT2D eigenvalue weighted by Gasteiger charge is -2.03. The number of methoxy groups -OCH3 is 1. The van der Waals surface area contributed by atoms with Crippen LogP contribution < -0.4 is 4.74 Å². The average molecular weight is 252 g/mol. The quantitative estimate of drug-likeness (QED) is 0.912. The number of carboxylic acids is 1. The van der Waals surface area contributed by atoms with Crippen LogP contribution in [-0.2, 0) is 0 Å². The number of hydrogen-bond acceptors (Lipinski definition) is 3. The van der Waals surface area contributed by atoms with Crippen LogP contribution in [0.2, 0.25) is 0 Å². The summed E-state index contributed by atoms with van der Waals surface area (Å²) in [4.78, 5) is 11.7. The van der Waals surface area contributed by atoms with Gasteiger partial charge in [0.25, 0.3) is 0 Å². The second-order valence-corrected chi connectivity index (χ2v) is 4.40. The molecule has 0 saturated carbocycles. The number of rotatable bonds is 3. The van der Waals surface area contributed by atoms with Gasteiger partial charge in [0, 0.05) is 4.88 Å². The summed E-state index contributed by atoms with van der Waals surface area (Å²) >= 11 is 1.11. The number of carboxylic acid groups (broad SMARTS) is 1. The van der Waals surface area contributed by atoms with Crippen molar-refractivity contribution < 1.29 is 19.0 Å². The van der Waals surface area contributed by atoms with Gasteiger partial charge in [0.15, 0.2) is 11.6 Å². The Morgan fingerprint density at radius 1 is 1.35 bits per heavy atom. The second kappa shape index (κ2) is 4.55. The minimum Gasteiger partial charge on any atom is -0.494 e. The van der Waals surface area contributed by atoms with Crippen LogP contribution in [0.15, 0.2) is 30.3 Å². The smallest absolute Gasteiger partial charge is 0.345 e. The van der Waals surface area contributed by atoms with E-state index in [1.54, 1.807) is 12.1 Å². The van der Waals surface area contributed by atoms with E-state index < -0.39 is 11.8 Å². The van der Waals surface area contributed by atoms with E-state index in [9.17, 15) is 9.18 Å². The molecular weight excluding hydrogens is 243 g/mol. The summed E-state index contributed by atoms with van der Waals surface area (Å²) in [6.07, 6.45) is 0. The summed E-state index contributed by atoms with van der Waals surface area (Å²) in [7, 11) is 1.39. The Morgan fingerprint density at radius 3 is 2.65 bits per heavy atom. The van der Waals surface area contributed by atoms with Crippen LogP contribution in [0.3, 0.4) is 0 Å². The van der Waals surface area contributed by atoms with E-state index in [4.69, 9.17) is 9.84 Å². The third kappa shape index (κ3) is 2.29. The third-order valence-electron chi connectivity index (χ3n) is 2.25. The van der Waals surface area contributed by atoms with E-state index in [1.807, 2.05) is 0 Å². The monoisotopic (exact) mass is 252 g/mol. The zero-order valence-electron chi connectivity index (χ0n) is 8.94. The normalized spacial score (nSPS) is 10.2. The van der Waals surface area contributed by atoms with E-state index in [2.05, 4.69) is 0 Å². The number of halogens is 1. The highest BCUT2D eigenvalue weighted by atomic mass is 32.1. The molecule has 0 bridgehead atoms. The highest BCUT2D eigenvalue weighted by molar-refractivity contribution is 7.17. The van der Waals surface area contributed by atoms with Crippen LogP contribution in [0.5, 0.6) is 5.75 Å². The van der Waals surface area contributed by atoms with Crippen LogP contribution in [0.4, 0.5) is 4.39 Å². The highest BCUT2D eigenvalue weighted by Crippen LogP contribution is 2.30. The predicted molar refractivity (Wildman–Crippen MR) is 63.2 cm³/mol. The molecule has 5 heteroatoms. The molecule has 2 rings (SSSR count). The van der Waals surface area contributed by atoms with Gasteiger partial charge >= 0.3 is 5.97 Å². The summed E-state index contributed by atoms with van der Waals surface area (Å²) < 4.78 is 18.3. The van der Waals surface area contributed by atoms with Crippen molar-refractivity contribution in [1.82, 2.24) is 0 Å². The molecule has 1 N–H and O–H groups in total. The number of ether oxygens (including phenoxy) is 1. The molecule has 3 nitrogen and oxygen atoms in total. The fourth-order valence-electron chi connectivity index (χ4n) is 1.43. The lowest BCUT2D eigenvalue weighted by molar-refractivity contribution is 0.0702. The molecule has 0 saturated heterocycles. The predicted octanol–water partition coefficient (Wildman–Crippen LogP) is 3.26. The Kier molecular flexibility index (Phi) is 3.10. The SMILES string of the molecule is COc1ccc(-c2ccc(C(=O)O)s2)cc1F. The zero-order chi connectivity index (χ0) is 12.4. The van der Waals surface area contributed by atoms with Gasteiger partial charge in [-0.2, -0.15) is 0 Å². The van der Waals surface area contributed by atoms with Gasteiger partial charge in [-0.15, -0.1) is 11.3 Å². The van der Waals surface area contributed by atoms with Gasteiger partial charge in [0.2, 0.25) is 0 Å². The number of thiophene rings is 1. The molecule has 0 aliphatic rings. The Labute approximate surface area is 101 Å². The van der Waals surface area contributed by atoms with Crippen molar-refractivity contribution in [2.45, 2.75) is 0 Å². The average Bonchev–Trinajstić information content (AvgIpc) is 2.78. The summed E-state index contributed by atoms with van der Waals surface area (Å²) in [5, 5.41) is 8.80. The fraction of sp³-hybridized carbons (Fsp3) is 0.0833. The molecule has 88 valence electrons. The van der Waals surface area contributed by atoms with Gasteiger partial charge < -0.3 is 9.84 Å². The molecule has 0 aliphatic carbocycles. The molecule has 0 unspecified atom stereocenters. The summed E-state index contributed by atoms with van der Waals surface area (Å²) in [6.45, 7) is 0. The van der Waals surface area contributed by atoms with E-state index in [-0.39, 0.29) is 10.6 Å². The molecule has 0 atom stereocenters. The van der Waals surface area contributed by atoms with Crippen molar-refractivity contribution in [3.8, 4) is 16.2 Å². The van der Waals surface area contributed by atoms with Crippen molar-refractivity contribution in [2.75, 3.05) is 7.11 Å². The van der Waals surface area contributed by atoms with Gasteiger partial charge in [0.1, 0.15) is 4.88 Å². The lowest BCUT2D eigenvalue weighted by atomic mass is 10.2. The molecule has 1 aromatic heterocycles. The molecule has 0 aliphatic heterocycles. The topological polar surface area (TPSA) is 46.5 Å². The van der Waals surface area contributed by atoms with Crippen LogP contribution in [0, 0.1) is 5.82 Å². The van der Waals surface area contributed by atoms with Crippen molar-refractivity contribution >= 4 is 17.3 Å². The number of hydrogen-bond donors (Lipinski definition) is 1. The lowest BCUT2D eigenvalue weighted by Crippen LogP contribution is -1.89. The van der Waals surface area contributed by atoms with Gasteiger partial charge in [-0.05, 0) is 35.9 Å². The number of aromatic carboxylic acids is 1. The van der Waals surface area contributed by atoms with Crippen LogP contribution in [0.1, 0.15) is 9.67 Å². The standard InChI is InChI=1S/C12H9FO3S/c1-16-9-3-2-7(6-8(9)13)10-4-5-11(17-10)12(14)15/h2-6H,1H3,(H,14,15). The minimum absolute atomic E-state index is 0.170. The maximum atomic E-state index is 13.5. The molecule has 0 amide bonds. The molecular formula is C12H9FO3S. The molecule has 2 aromatic rings. The molecule has 17 heavy (non-hydrogen) atoms. The first-order valence-electron chi connectivity index (χ1n) is 4.79. The largest absolute Gasteiger partial charge is 0.494 e. The zero-order valence-corrected chi connectivity index (χ0v) is 9.75. The summed E-state index contributed by atoms with van der Waals surface area (Å²) in [6, 6.07) is 7.71. The Morgan fingerprint density at radius 2 is 2.12 bits per heavy atom. The van der Waals surface area contributed by atoms with E-state index in [0.717, 1.165) is 11.3 Å². The summed E-state index contributed by atoms with van der Waals surface area (Å²) in [5.74, 6) is -1.27. The van der Waals surface area contributed by atoms with Crippen molar-refractivity contribution in [1.29, 1.82) is 0 Å². The second-order valence-electron chi connectivity index (χ2n) is 3.32. The van der Waals surface area contributed by atoms with E-state index >= 15 is 0 Å². The van der Waals surface area contributed by atoms with Crippen molar-refractivity contribution in [3.05, 3.63) is 41.0 Å². The fourth-order valence-corrected chi connectivity index (χ4v) is 2.27. The maximum absolute atomic E-state index is 13.5. The van der Waals surface area contributed by atoms with Gasteiger partial charge in [-0.3, -0.25) is 0 Å². The number of benzene rings is 1. The molecule has 0 fully saturated rings. The molecule has 1 aromatic carbocycles. The maximum Gasteiger partial charge on any atom is 0.345 e. The van der Waals surface area contributed by atoms with Gasteiger partial charge in [-0.25, -0.2) is 9.18 Å². The number of carbonyl (C=O) groups is 1.